The van der Waals surface area contributed by atoms with E-state index < -0.39 is 4.92 Å². The third kappa shape index (κ3) is 3.12. The molecule has 0 saturated carbocycles. The molecule has 102 valence electrons. The summed E-state index contributed by atoms with van der Waals surface area (Å²) in [4.78, 5) is 12.8. The molecule has 0 radical (unpaired) electrons. The van der Waals surface area contributed by atoms with Crippen LogP contribution in [0, 0.1) is 10.1 Å². The molecule has 0 atom stereocenters. The van der Waals surface area contributed by atoms with E-state index in [2.05, 4.69) is 18.0 Å². The van der Waals surface area contributed by atoms with Gasteiger partial charge in [-0.2, -0.15) is 0 Å². The van der Waals surface area contributed by atoms with Crippen LogP contribution in [0.25, 0.3) is 5.57 Å². The molecule has 1 aliphatic heterocycles. The quantitative estimate of drug-likeness (QED) is 0.618. The van der Waals surface area contributed by atoms with Gasteiger partial charge in [0.2, 0.25) is 0 Å². The average molecular weight is 262 g/mol. The SMILES string of the molecule is CCOc1cc(C2=CCN(C)CC2)ccc1[N+](=O)[O-]. The fourth-order valence-corrected chi connectivity index (χ4v) is 2.17. The summed E-state index contributed by atoms with van der Waals surface area (Å²) < 4.78 is 5.37. The zero-order valence-electron chi connectivity index (χ0n) is 11.3. The third-order valence-corrected chi connectivity index (χ3v) is 3.24. The number of likely N-dealkylation sites (N-methyl/N-ethyl adjacent to an activating group) is 1. The molecule has 5 heteroatoms. The van der Waals surface area contributed by atoms with E-state index in [9.17, 15) is 10.1 Å². The summed E-state index contributed by atoms with van der Waals surface area (Å²) in [6, 6.07) is 5.11. The van der Waals surface area contributed by atoms with E-state index in [0.29, 0.717) is 12.4 Å². The molecule has 0 saturated heterocycles. The maximum atomic E-state index is 10.9. The minimum Gasteiger partial charge on any atom is -0.487 e. The van der Waals surface area contributed by atoms with Crippen LogP contribution in [0.1, 0.15) is 18.9 Å². The zero-order valence-corrected chi connectivity index (χ0v) is 11.3. The molecule has 0 aromatic heterocycles. The van der Waals surface area contributed by atoms with Gasteiger partial charge >= 0.3 is 5.69 Å². The minimum atomic E-state index is -0.405. The second-order valence-electron chi connectivity index (χ2n) is 4.61. The lowest BCUT2D eigenvalue weighted by Gasteiger charge is -2.22. The third-order valence-electron chi connectivity index (χ3n) is 3.24. The smallest absolute Gasteiger partial charge is 0.310 e. The highest BCUT2D eigenvalue weighted by atomic mass is 16.6. The van der Waals surface area contributed by atoms with E-state index in [0.717, 1.165) is 25.1 Å². The molecule has 2 rings (SSSR count). The number of nitro benzene ring substituents is 1. The Morgan fingerprint density at radius 3 is 2.84 bits per heavy atom. The summed E-state index contributed by atoms with van der Waals surface area (Å²) >= 11 is 0. The maximum Gasteiger partial charge on any atom is 0.310 e. The lowest BCUT2D eigenvalue weighted by atomic mass is 9.99. The number of nitro groups is 1. The summed E-state index contributed by atoms with van der Waals surface area (Å²) in [7, 11) is 2.08. The second kappa shape index (κ2) is 5.84. The minimum absolute atomic E-state index is 0.0270. The van der Waals surface area contributed by atoms with Crippen molar-refractivity contribution in [1.29, 1.82) is 0 Å². The Balaban J connectivity index is 2.32. The van der Waals surface area contributed by atoms with E-state index in [1.165, 1.54) is 11.6 Å². The van der Waals surface area contributed by atoms with E-state index in [1.807, 2.05) is 6.92 Å². The van der Waals surface area contributed by atoms with Crippen molar-refractivity contribution >= 4 is 11.3 Å². The van der Waals surface area contributed by atoms with Crippen molar-refractivity contribution in [2.24, 2.45) is 0 Å². The van der Waals surface area contributed by atoms with Crippen molar-refractivity contribution in [3.05, 3.63) is 40.0 Å². The van der Waals surface area contributed by atoms with Crippen molar-refractivity contribution in [3.8, 4) is 5.75 Å². The van der Waals surface area contributed by atoms with E-state index in [-0.39, 0.29) is 5.69 Å². The van der Waals surface area contributed by atoms with Crippen molar-refractivity contribution in [2.45, 2.75) is 13.3 Å². The Labute approximate surface area is 112 Å². The number of benzene rings is 1. The highest BCUT2D eigenvalue weighted by Gasteiger charge is 2.17. The zero-order chi connectivity index (χ0) is 13.8. The lowest BCUT2D eigenvalue weighted by molar-refractivity contribution is -0.385. The first-order chi connectivity index (χ1) is 9.11. The normalized spacial score (nSPS) is 16.0. The fraction of sp³-hybridized carbons (Fsp3) is 0.429. The molecule has 5 nitrogen and oxygen atoms in total. The molecule has 0 aliphatic carbocycles. The molecular formula is C14H18N2O3. The molecule has 1 aliphatic rings. The Morgan fingerprint density at radius 1 is 1.47 bits per heavy atom. The molecule has 0 bridgehead atoms. The van der Waals surface area contributed by atoms with Gasteiger partial charge in [0.15, 0.2) is 5.75 Å². The Hall–Kier alpha value is -1.88. The van der Waals surface area contributed by atoms with Crippen molar-refractivity contribution in [2.75, 3.05) is 26.7 Å². The van der Waals surface area contributed by atoms with Crippen LogP contribution in [-0.4, -0.2) is 36.6 Å². The van der Waals surface area contributed by atoms with Gasteiger partial charge in [0, 0.05) is 19.2 Å². The maximum absolute atomic E-state index is 10.9. The topological polar surface area (TPSA) is 55.6 Å². The Bertz CT molecular complexity index is 511. The van der Waals surface area contributed by atoms with Gasteiger partial charge in [0.25, 0.3) is 0 Å². The molecule has 1 heterocycles. The average Bonchev–Trinajstić information content (AvgIpc) is 2.39. The molecule has 0 amide bonds. The van der Waals surface area contributed by atoms with Gasteiger partial charge in [-0.15, -0.1) is 0 Å². The highest BCUT2D eigenvalue weighted by Crippen LogP contribution is 2.32. The van der Waals surface area contributed by atoms with Crippen molar-refractivity contribution in [1.82, 2.24) is 4.90 Å². The number of hydrogen-bond donors (Lipinski definition) is 0. The van der Waals surface area contributed by atoms with Crippen LogP contribution in [0.3, 0.4) is 0 Å². The standard InChI is InChI=1S/C14H18N2O3/c1-3-19-14-10-12(4-5-13(14)16(17)18)11-6-8-15(2)9-7-11/h4-6,10H,3,7-9H2,1-2H3. The summed E-state index contributed by atoms with van der Waals surface area (Å²) in [6.45, 7) is 4.17. The van der Waals surface area contributed by atoms with Crippen LogP contribution in [0.4, 0.5) is 5.69 Å². The first kappa shape index (κ1) is 13.5. The summed E-state index contributed by atoms with van der Waals surface area (Å²) in [5.41, 5.74) is 2.27. The van der Waals surface area contributed by atoms with Crippen LogP contribution in [-0.2, 0) is 0 Å². The van der Waals surface area contributed by atoms with Gasteiger partial charge in [-0.1, -0.05) is 6.08 Å². The summed E-state index contributed by atoms with van der Waals surface area (Å²) in [5.74, 6) is 0.352. The fourth-order valence-electron chi connectivity index (χ4n) is 2.17. The molecule has 0 unspecified atom stereocenters. The molecule has 0 N–H and O–H groups in total. The van der Waals surface area contributed by atoms with Gasteiger partial charge in [-0.3, -0.25) is 10.1 Å². The van der Waals surface area contributed by atoms with Gasteiger partial charge in [0.1, 0.15) is 0 Å². The van der Waals surface area contributed by atoms with Crippen molar-refractivity contribution in [3.63, 3.8) is 0 Å². The second-order valence-corrected chi connectivity index (χ2v) is 4.61. The van der Waals surface area contributed by atoms with Crippen LogP contribution < -0.4 is 4.74 Å². The van der Waals surface area contributed by atoms with Crippen molar-refractivity contribution < 1.29 is 9.66 Å². The molecule has 0 spiro atoms. The summed E-state index contributed by atoms with van der Waals surface area (Å²) in [5, 5.41) is 10.9. The molecule has 19 heavy (non-hydrogen) atoms. The number of ether oxygens (including phenoxy) is 1. The molecular weight excluding hydrogens is 244 g/mol. The van der Waals surface area contributed by atoms with Crippen LogP contribution in [0.15, 0.2) is 24.3 Å². The van der Waals surface area contributed by atoms with Crippen LogP contribution in [0.2, 0.25) is 0 Å². The van der Waals surface area contributed by atoms with Crippen LogP contribution >= 0.6 is 0 Å². The number of rotatable bonds is 4. The van der Waals surface area contributed by atoms with Crippen LogP contribution in [0.5, 0.6) is 5.75 Å². The highest BCUT2D eigenvalue weighted by molar-refractivity contribution is 5.69. The van der Waals surface area contributed by atoms with E-state index in [4.69, 9.17) is 4.74 Å². The molecule has 1 aromatic carbocycles. The lowest BCUT2D eigenvalue weighted by Crippen LogP contribution is -2.23. The van der Waals surface area contributed by atoms with E-state index >= 15 is 0 Å². The molecule has 0 fully saturated rings. The largest absolute Gasteiger partial charge is 0.487 e. The monoisotopic (exact) mass is 262 g/mol. The molecule has 1 aromatic rings. The summed E-state index contributed by atoms with van der Waals surface area (Å²) in [6.07, 6.45) is 3.13. The van der Waals surface area contributed by atoms with Gasteiger partial charge < -0.3 is 9.64 Å². The number of hydrogen-bond acceptors (Lipinski definition) is 4. The Kier molecular flexibility index (Phi) is 4.16. The van der Waals surface area contributed by atoms with Gasteiger partial charge in [0.05, 0.1) is 11.5 Å². The Morgan fingerprint density at radius 2 is 2.26 bits per heavy atom. The first-order valence-corrected chi connectivity index (χ1v) is 6.41. The predicted molar refractivity (Wildman–Crippen MR) is 74.4 cm³/mol. The first-order valence-electron chi connectivity index (χ1n) is 6.41. The van der Waals surface area contributed by atoms with Gasteiger partial charge in [-0.05, 0) is 43.7 Å². The van der Waals surface area contributed by atoms with E-state index in [1.54, 1.807) is 12.1 Å². The predicted octanol–water partition coefficient (Wildman–Crippen LogP) is 2.71. The number of nitrogens with zero attached hydrogens (tertiary/aromatic N) is 2. The van der Waals surface area contributed by atoms with Gasteiger partial charge in [-0.25, -0.2) is 0 Å².